The molecule has 184 valence electrons. The summed E-state index contributed by atoms with van der Waals surface area (Å²) in [7, 11) is 1.73. The quantitative estimate of drug-likeness (QED) is 0.634. The van der Waals surface area contributed by atoms with Gasteiger partial charge in [-0.25, -0.2) is 0 Å². The lowest BCUT2D eigenvalue weighted by Gasteiger charge is -2.40. The maximum absolute atomic E-state index is 13.4. The summed E-state index contributed by atoms with van der Waals surface area (Å²) < 4.78 is 0. The van der Waals surface area contributed by atoms with Gasteiger partial charge in [0.15, 0.2) is 0 Å². The van der Waals surface area contributed by atoms with Crippen molar-refractivity contribution < 1.29 is 14.4 Å². The molecule has 35 heavy (non-hydrogen) atoms. The van der Waals surface area contributed by atoms with Crippen molar-refractivity contribution in [3.63, 3.8) is 0 Å². The van der Waals surface area contributed by atoms with Gasteiger partial charge in [-0.05, 0) is 55.7 Å². The molecule has 0 aromatic heterocycles. The van der Waals surface area contributed by atoms with Crippen molar-refractivity contribution in [2.45, 2.75) is 69.6 Å². The number of amides is 3. The molecule has 3 amide bonds. The zero-order valence-electron chi connectivity index (χ0n) is 20.4. The number of fused-ring (bicyclic) bond motifs is 4. The summed E-state index contributed by atoms with van der Waals surface area (Å²) in [5.74, 6) is -0.0754. The molecule has 2 aromatic rings. The predicted molar refractivity (Wildman–Crippen MR) is 136 cm³/mol. The molecular formula is C28H34N4O3. The summed E-state index contributed by atoms with van der Waals surface area (Å²) in [6, 6.07) is 13.9. The van der Waals surface area contributed by atoms with Crippen LogP contribution in [0.1, 0.15) is 57.1 Å². The molecule has 0 bridgehead atoms. The van der Waals surface area contributed by atoms with Gasteiger partial charge in [-0.15, -0.1) is 0 Å². The molecule has 1 saturated heterocycles. The van der Waals surface area contributed by atoms with Gasteiger partial charge in [-0.1, -0.05) is 55.3 Å². The second-order valence-corrected chi connectivity index (χ2v) is 10.1. The Hall–Kier alpha value is -3.19. The summed E-state index contributed by atoms with van der Waals surface area (Å²) >= 11 is 0. The third-order valence-corrected chi connectivity index (χ3v) is 7.91. The standard InChI is InChI=1S/C28H34N4O3/c1-17(29-27(34)23-16-15-18-9-3-7-13-22(18)30-23)26(33)31-25-21-12-5-4-10-19(21)20-11-6-8-14-24(20)32(2)28(25)35/h4-6,8,10-12,14,17-18,22-23,25,30H,3,7,9,13,15-16H2,1-2H3,(H,29,34)(H,31,33)/t17-,18-,22-,23?,25-/m0/s1. The van der Waals surface area contributed by atoms with Gasteiger partial charge in [0.2, 0.25) is 11.8 Å². The maximum Gasteiger partial charge on any atom is 0.253 e. The Bertz CT molecular complexity index is 1130. The minimum Gasteiger partial charge on any atom is -0.343 e. The van der Waals surface area contributed by atoms with Gasteiger partial charge >= 0.3 is 0 Å². The summed E-state index contributed by atoms with van der Waals surface area (Å²) in [6.07, 6.45) is 6.68. The van der Waals surface area contributed by atoms with Gasteiger partial charge in [0.25, 0.3) is 5.91 Å². The fourth-order valence-electron chi connectivity index (χ4n) is 5.92. The van der Waals surface area contributed by atoms with Crippen molar-refractivity contribution in [2.75, 3.05) is 11.9 Å². The van der Waals surface area contributed by atoms with Crippen molar-refractivity contribution in [3.05, 3.63) is 54.1 Å². The SMILES string of the molecule is C[C@H](NC(=O)C1CC[C@@H]2CCCC[C@@H]2N1)C(=O)N[C@@H]1C(=O)N(C)c2ccccc2-c2ccccc21. The number of likely N-dealkylation sites (N-methyl/N-ethyl adjacent to an activating group) is 1. The first kappa shape index (κ1) is 23.5. The molecule has 3 N–H and O–H groups in total. The van der Waals surface area contributed by atoms with Crippen LogP contribution >= 0.6 is 0 Å². The Morgan fingerprint density at radius 3 is 2.51 bits per heavy atom. The summed E-state index contributed by atoms with van der Waals surface area (Å²) in [5.41, 5.74) is 3.41. The van der Waals surface area contributed by atoms with E-state index < -0.39 is 12.1 Å². The number of hydrogen-bond donors (Lipinski definition) is 3. The predicted octanol–water partition coefficient (Wildman–Crippen LogP) is 3.30. The number of rotatable bonds is 4. The van der Waals surface area contributed by atoms with Crippen LogP contribution in [0.2, 0.25) is 0 Å². The maximum atomic E-state index is 13.4. The second kappa shape index (κ2) is 9.82. The van der Waals surface area contributed by atoms with Crippen molar-refractivity contribution in [3.8, 4) is 11.1 Å². The molecule has 1 aliphatic carbocycles. The number of para-hydroxylation sites is 1. The summed E-state index contributed by atoms with van der Waals surface area (Å²) in [5, 5.41) is 9.32. The largest absolute Gasteiger partial charge is 0.343 e. The average Bonchev–Trinajstić information content (AvgIpc) is 2.98. The highest BCUT2D eigenvalue weighted by molar-refractivity contribution is 6.06. The third-order valence-electron chi connectivity index (χ3n) is 7.91. The minimum atomic E-state index is -0.841. The Labute approximate surface area is 206 Å². The molecule has 0 radical (unpaired) electrons. The third kappa shape index (κ3) is 4.57. The number of benzene rings is 2. The molecule has 2 fully saturated rings. The number of hydrogen-bond acceptors (Lipinski definition) is 4. The van der Waals surface area contributed by atoms with Gasteiger partial charge in [0, 0.05) is 18.7 Å². The average molecular weight is 475 g/mol. The van der Waals surface area contributed by atoms with Crippen LogP contribution in [-0.2, 0) is 14.4 Å². The number of nitrogens with one attached hydrogen (secondary N) is 3. The van der Waals surface area contributed by atoms with E-state index in [0.29, 0.717) is 12.0 Å². The highest BCUT2D eigenvalue weighted by Gasteiger charge is 2.37. The van der Waals surface area contributed by atoms with Crippen LogP contribution in [0.5, 0.6) is 0 Å². The van der Waals surface area contributed by atoms with Gasteiger partial charge in [-0.2, -0.15) is 0 Å². The molecule has 7 nitrogen and oxygen atoms in total. The Kier molecular flexibility index (Phi) is 6.60. The summed E-state index contributed by atoms with van der Waals surface area (Å²) in [6.45, 7) is 1.67. The van der Waals surface area contributed by atoms with Crippen LogP contribution in [0.3, 0.4) is 0 Å². The normalized spacial score (nSPS) is 26.5. The molecule has 5 atom stereocenters. The highest BCUT2D eigenvalue weighted by Crippen LogP contribution is 2.39. The van der Waals surface area contributed by atoms with Crippen LogP contribution in [-0.4, -0.2) is 42.9 Å². The first-order valence-corrected chi connectivity index (χ1v) is 12.8. The Morgan fingerprint density at radius 2 is 1.69 bits per heavy atom. The van der Waals surface area contributed by atoms with Gasteiger partial charge in [0.1, 0.15) is 12.1 Å². The molecule has 1 unspecified atom stereocenters. The number of nitrogens with zero attached hydrogens (tertiary/aromatic N) is 1. The minimum absolute atomic E-state index is 0.145. The van der Waals surface area contributed by atoms with E-state index in [2.05, 4.69) is 16.0 Å². The zero-order valence-corrected chi connectivity index (χ0v) is 20.4. The number of carbonyl (C=O) groups excluding carboxylic acids is 3. The van der Waals surface area contributed by atoms with E-state index in [0.717, 1.165) is 41.6 Å². The molecule has 2 aliphatic heterocycles. The van der Waals surface area contributed by atoms with Crippen LogP contribution in [0.25, 0.3) is 11.1 Å². The molecule has 0 spiro atoms. The van der Waals surface area contributed by atoms with E-state index in [1.165, 1.54) is 19.3 Å². The topological polar surface area (TPSA) is 90.5 Å². The fourth-order valence-corrected chi connectivity index (χ4v) is 5.92. The van der Waals surface area contributed by atoms with Gasteiger partial charge < -0.3 is 20.9 Å². The van der Waals surface area contributed by atoms with E-state index in [-0.39, 0.29) is 23.8 Å². The van der Waals surface area contributed by atoms with E-state index in [1.807, 2.05) is 48.5 Å². The lowest BCUT2D eigenvalue weighted by atomic mass is 9.77. The molecule has 2 aromatic carbocycles. The zero-order chi connectivity index (χ0) is 24.5. The fraction of sp³-hybridized carbons (Fsp3) is 0.464. The molecule has 3 aliphatic rings. The van der Waals surface area contributed by atoms with Crippen LogP contribution in [0.4, 0.5) is 5.69 Å². The molecule has 7 heteroatoms. The second-order valence-electron chi connectivity index (χ2n) is 10.1. The number of carbonyl (C=O) groups is 3. The van der Waals surface area contributed by atoms with E-state index in [9.17, 15) is 14.4 Å². The van der Waals surface area contributed by atoms with E-state index in [4.69, 9.17) is 0 Å². The number of piperidine rings is 1. The molecule has 1 saturated carbocycles. The summed E-state index contributed by atoms with van der Waals surface area (Å²) in [4.78, 5) is 41.2. The molecule has 5 rings (SSSR count). The first-order chi connectivity index (χ1) is 16.9. The Balaban J connectivity index is 1.29. The smallest absolute Gasteiger partial charge is 0.253 e. The molecule has 2 heterocycles. The van der Waals surface area contributed by atoms with Crippen molar-refractivity contribution >= 4 is 23.4 Å². The lowest BCUT2D eigenvalue weighted by molar-refractivity contribution is -0.132. The first-order valence-electron chi connectivity index (χ1n) is 12.8. The van der Waals surface area contributed by atoms with Crippen LogP contribution in [0.15, 0.2) is 48.5 Å². The molecular weight excluding hydrogens is 440 g/mol. The lowest BCUT2D eigenvalue weighted by Crippen LogP contribution is -2.57. The van der Waals surface area contributed by atoms with E-state index >= 15 is 0 Å². The highest BCUT2D eigenvalue weighted by atomic mass is 16.2. The van der Waals surface area contributed by atoms with Crippen molar-refractivity contribution in [1.29, 1.82) is 0 Å². The van der Waals surface area contributed by atoms with Crippen LogP contribution in [0, 0.1) is 5.92 Å². The van der Waals surface area contributed by atoms with Crippen LogP contribution < -0.4 is 20.9 Å². The van der Waals surface area contributed by atoms with Gasteiger partial charge in [0.05, 0.1) is 11.7 Å². The van der Waals surface area contributed by atoms with E-state index in [1.54, 1.807) is 18.9 Å². The van der Waals surface area contributed by atoms with Gasteiger partial charge in [-0.3, -0.25) is 14.4 Å². The van der Waals surface area contributed by atoms with Crippen molar-refractivity contribution in [2.24, 2.45) is 5.92 Å². The van der Waals surface area contributed by atoms with Crippen molar-refractivity contribution in [1.82, 2.24) is 16.0 Å². The Morgan fingerprint density at radius 1 is 0.971 bits per heavy atom. The number of anilines is 1. The monoisotopic (exact) mass is 474 g/mol.